The van der Waals surface area contributed by atoms with Crippen LogP contribution in [0.1, 0.15) is 11.1 Å². The van der Waals surface area contributed by atoms with Crippen molar-refractivity contribution in [2.45, 2.75) is 13.0 Å². The van der Waals surface area contributed by atoms with Crippen molar-refractivity contribution in [3.8, 4) is 16.9 Å². The average Bonchev–Trinajstić information content (AvgIpc) is 2.55. The lowest BCUT2D eigenvalue weighted by Gasteiger charge is -2.18. The summed E-state index contributed by atoms with van der Waals surface area (Å²) in [6.45, 7) is 1.87. The molecular formula is C17H15N3O2. The second-order valence-corrected chi connectivity index (χ2v) is 5.53. The fraction of sp³-hybridized carbons (Fsp3) is 0.176. The van der Waals surface area contributed by atoms with Gasteiger partial charge in [0.05, 0.1) is 11.7 Å². The van der Waals surface area contributed by atoms with Crippen molar-refractivity contribution in [1.82, 2.24) is 15.3 Å². The molecule has 0 saturated heterocycles. The van der Waals surface area contributed by atoms with Crippen LogP contribution in [0, 0.1) is 0 Å². The predicted molar refractivity (Wildman–Crippen MR) is 84.9 cm³/mol. The highest BCUT2D eigenvalue weighted by atomic mass is 16.3. The molecule has 2 heterocycles. The monoisotopic (exact) mass is 293 g/mol. The number of aromatic hydroxyl groups is 1. The standard InChI is InChI=1S/C17H15N3O2/c21-15-7-13(6-14-16(15)19-9-20-17(14)22)10-1-2-12-8-18-4-3-11(12)5-10/h1-2,5-7,9,18,21H,3-4,8H2,(H,19,20,22). The first kappa shape index (κ1) is 13.0. The highest BCUT2D eigenvalue weighted by Gasteiger charge is 2.12. The lowest BCUT2D eigenvalue weighted by atomic mass is 9.95. The van der Waals surface area contributed by atoms with Crippen molar-refractivity contribution in [3.63, 3.8) is 0 Å². The van der Waals surface area contributed by atoms with E-state index < -0.39 is 0 Å². The van der Waals surface area contributed by atoms with Crippen LogP contribution in [0.4, 0.5) is 0 Å². The van der Waals surface area contributed by atoms with E-state index in [9.17, 15) is 9.90 Å². The van der Waals surface area contributed by atoms with E-state index in [0.29, 0.717) is 10.9 Å². The maximum Gasteiger partial charge on any atom is 0.258 e. The third kappa shape index (κ3) is 2.07. The molecule has 0 spiro atoms. The molecule has 0 radical (unpaired) electrons. The molecule has 0 unspecified atom stereocenters. The normalized spacial score (nSPS) is 14.0. The summed E-state index contributed by atoms with van der Waals surface area (Å²) in [6.07, 6.45) is 2.29. The summed E-state index contributed by atoms with van der Waals surface area (Å²) in [4.78, 5) is 18.5. The van der Waals surface area contributed by atoms with Crippen LogP contribution in [0.3, 0.4) is 0 Å². The first-order valence-electron chi connectivity index (χ1n) is 7.26. The Morgan fingerprint density at radius 1 is 1.09 bits per heavy atom. The molecule has 0 saturated carbocycles. The molecule has 3 aromatic rings. The number of hydrogen-bond acceptors (Lipinski definition) is 4. The average molecular weight is 293 g/mol. The lowest BCUT2D eigenvalue weighted by Crippen LogP contribution is -2.23. The van der Waals surface area contributed by atoms with Crippen molar-refractivity contribution in [2.75, 3.05) is 6.54 Å². The first-order valence-corrected chi connectivity index (χ1v) is 7.26. The Kier molecular flexibility index (Phi) is 2.94. The van der Waals surface area contributed by atoms with E-state index in [2.05, 4.69) is 27.4 Å². The van der Waals surface area contributed by atoms with E-state index in [1.807, 2.05) is 6.07 Å². The third-order valence-corrected chi connectivity index (χ3v) is 4.15. The summed E-state index contributed by atoms with van der Waals surface area (Å²) in [7, 11) is 0. The van der Waals surface area contributed by atoms with Crippen LogP contribution < -0.4 is 10.9 Å². The highest BCUT2D eigenvalue weighted by molar-refractivity contribution is 5.88. The zero-order chi connectivity index (χ0) is 15.1. The molecule has 1 aromatic heterocycles. The van der Waals surface area contributed by atoms with E-state index in [-0.39, 0.29) is 11.3 Å². The van der Waals surface area contributed by atoms with E-state index >= 15 is 0 Å². The minimum absolute atomic E-state index is 0.0259. The number of nitrogens with zero attached hydrogens (tertiary/aromatic N) is 1. The largest absolute Gasteiger partial charge is 0.506 e. The molecule has 5 heteroatoms. The van der Waals surface area contributed by atoms with Crippen LogP contribution in [0.5, 0.6) is 5.75 Å². The Balaban J connectivity index is 1.91. The van der Waals surface area contributed by atoms with Crippen molar-refractivity contribution in [2.24, 2.45) is 0 Å². The molecule has 1 aliphatic rings. The van der Waals surface area contributed by atoms with Crippen LogP contribution in [0.25, 0.3) is 22.0 Å². The molecular weight excluding hydrogens is 278 g/mol. The number of hydrogen-bond donors (Lipinski definition) is 3. The van der Waals surface area contributed by atoms with E-state index in [1.165, 1.54) is 17.5 Å². The van der Waals surface area contributed by atoms with Crippen molar-refractivity contribution in [3.05, 3.63) is 58.1 Å². The minimum Gasteiger partial charge on any atom is -0.506 e. The summed E-state index contributed by atoms with van der Waals surface area (Å²) >= 11 is 0. The lowest BCUT2D eigenvalue weighted by molar-refractivity contribution is 0.480. The zero-order valence-electron chi connectivity index (χ0n) is 11.9. The van der Waals surface area contributed by atoms with Crippen LogP contribution in [0.15, 0.2) is 41.5 Å². The molecule has 1 aliphatic heterocycles. The summed E-state index contributed by atoms with van der Waals surface area (Å²) in [5.74, 6) is 0.0259. The van der Waals surface area contributed by atoms with Crippen LogP contribution in [-0.4, -0.2) is 21.6 Å². The number of benzene rings is 2. The molecule has 4 rings (SSSR count). The SMILES string of the molecule is O=c1[nH]cnc2c(O)cc(-c3ccc4c(c3)CCNC4)cc12. The van der Waals surface area contributed by atoms with Gasteiger partial charge in [-0.15, -0.1) is 0 Å². The zero-order valence-corrected chi connectivity index (χ0v) is 11.9. The number of phenolic OH excluding ortho intramolecular Hbond substituents is 1. The molecule has 0 fully saturated rings. The molecule has 0 bridgehead atoms. The van der Waals surface area contributed by atoms with Gasteiger partial charge in [-0.1, -0.05) is 18.2 Å². The molecule has 110 valence electrons. The maximum atomic E-state index is 11.9. The third-order valence-electron chi connectivity index (χ3n) is 4.15. The van der Waals surface area contributed by atoms with Gasteiger partial charge < -0.3 is 15.4 Å². The quantitative estimate of drug-likeness (QED) is 0.641. The van der Waals surface area contributed by atoms with E-state index in [1.54, 1.807) is 12.1 Å². The summed E-state index contributed by atoms with van der Waals surface area (Å²) < 4.78 is 0. The Hall–Kier alpha value is -2.66. The van der Waals surface area contributed by atoms with Crippen LogP contribution in [0.2, 0.25) is 0 Å². The van der Waals surface area contributed by atoms with Gasteiger partial charge in [0.2, 0.25) is 0 Å². The van der Waals surface area contributed by atoms with Gasteiger partial charge in [-0.25, -0.2) is 4.98 Å². The number of aromatic amines is 1. The number of nitrogens with one attached hydrogen (secondary N) is 2. The molecule has 2 aromatic carbocycles. The molecule has 5 nitrogen and oxygen atoms in total. The molecule has 0 aliphatic carbocycles. The Bertz CT molecular complexity index is 931. The van der Waals surface area contributed by atoms with Gasteiger partial charge in [0.1, 0.15) is 11.3 Å². The smallest absolute Gasteiger partial charge is 0.258 e. The predicted octanol–water partition coefficient (Wildman–Crippen LogP) is 1.94. The fourth-order valence-electron chi connectivity index (χ4n) is 2.98. The number of aromatic nitrogens is 2. The first-order chi connectivity index (χ1) is 10.7. The molecule has 0 atom stereocenters. The Morgan fingerprint density at radius 2 is 2.00 bits per heavy atom. The summed E-state index contributed by atoms with van der Waals surface area (Å²) in [5.41, 5.74) is 4.53. The van der Waals surface area contributed by atoms with Crippen molar-refractivity contribution >= 4 is 10.9 Å². The van der Waals surface area contributed by atoms with Gasteiger partial charge in [-0.3, -0.25) is 4.79 Å². The Morgan fingerprint density at radius 3 is 2.91 bits per heavy atom. The van der Waals surface area contributed by atoms with E-state index in [0.717, 1.165) is 30.6 Å². The molecule has 3 N–H and O–H groups in total. The minimum atomic E-state index is -0.246. The number of fused-ring (bicyclic) bond motifs is 2. The maximum absolute atomic E-state index is 11.9. The topological polar surface area (TPSA) is 78.0 Å². The van der Waals surface area contributed by atoms with Gasteiger partial charge in [0.15, 0.2) is 0 Å². The van der Waals surface area contributed by atoms with Gasteiger partial charge >= 0.3 is 0 Å². The second-order valence-electron chi connectivity index (χ2n) is 5.53. The molecule has 0 amide bonds. The number of H-pyrrole nitrogens is 1. The van der Waals surface area contributed by atoms with Gasteiger partial charge in [-0.05, 0) is 47.4 Å². The second kappa shape index (κ2) is 4.96. The number of phenols is 1. The summed E-state index contributed by atoms with van der Waals surface area (Å²) in [6, 6.07) is 9.71. The van der Waals surface area contributed by atoms with Gasteiger partial charge in [0, 0.05) is 6.54 Å². The Labute approximate surface area is 126 Å². The van der Waals surface area contributed by atoms with Crippen molar-refractivity contribution < 1.29 is 5.11 Å². The van der Waals surface area contributed by atoms with E-state index in [4.69, 9.17) is 0 Å². The van der Waals surface area contributed by atoms with Crippen LogP contribution in [-0.2, 0) is 13.0 Å². The van der Waals surface area contributed by atoms with Gasteiger partial charge in [0.25, 0.3) is 5.56 Å². The highest BCUT2D eigenvalue weighted by Crippen LogP contribution is 2.30. The van der Waals surface area contributed by atoms with Crippen LogP contribution >= 0.6 is 0 Å². The fourth-order valence-corrected chi connectivity index (χ4v) is 2.98. The summed E-state index contributed by atoms with van der Waals surface area (Å²) in [5, 5.41) is 13.9. The van der Waals surface area contributed by atoms with Crippen molar-refractivity contribution in [1.29, 1.82) is 0 Å². The van der Waals surface area contributed by atoms with Gasteiger partial charge in [-0.2, -0.15) is 0 Å². The number of rotatable bonds is 1. The molecule has 22 heavy (non-hydrogen) atoms.